The molecule has 0 aromatic carbocycles. The van der Waals surface area contributed by atoms with E-state index < -0.39 is 0 Å². The van der Waals surface area contributed by atoms with Crippen molar-refractivity contribution in [2.45, 2.75) is 51.5 Å². The Bertz CT molecular complexity index is 385. The van der Waals surface area contributed by atoms with E-state index in [0.29, 0.717) is 12.0 Å². The molecule has 0 spiro atoms. The van der Waals surface area contributed by atoms with Crippen molar-refractivity contribution >= 4 is 11.8 Å². The molecule has 3 N–H and O–H groups in total. The third-order valence-corrected chi connectivity index (χ3v) is 3.78. The number of hydrogen-bond acceptors (Lipinski definition) is 5. The van der Waals surface area contributed by atoms with Gasteiger partial charge < -0.3 is 4.90 Å². The van der Waals surface area contributed by atoms with E-state index >= 15 is 0 Å². The van der Waals surface area contributed by atoms with Crippen LogP contribution in [0.4, 0.5) is 11.8 Å². The number of rotatable bonds is 3. The SMILES string of the molecule is Cc1cnc(NN)nc1N(C)C1CCCCCC1. The summed E-state index contributed by atoms with van der Waals surface area (Å²) in [7, 11) is 2.13. The Morgan fingerprint density at radius 1 is 1.28 bits per heavy atom. The zero-order valence-electron chi connectivity index (χ0n) is 11.3. The third kappa shape index (κ3) is 2.90. The fourth-order valence-electron chi connectivity index (χ4n) is 2.68. The second-order valence-corrected chi connectivity index (χ2v) is 5.10. The van der Waals surface area contributed by atoms with Gasteiger partial charge in [0.05, 0.1) is 0 Å². The Morgan fingerprint density at radius 3 is 2.56 bits per heavy atom. The molecule has 5 heteroatoms. The zero-order valence-corrected chi connectivity index (χ0v) is 11.3. The highest BCUT2D eigenvalue weighted by Gasteiger charge is 2.19. The van der Waals surface area contributed by atoms with E-state index in [4.69, 9.17) is 5.84 Å². The number of anilines is 2. The monoisotopic (exact) mass is 249 g/mol. The van der Waals surface area contributed by atoms with Crippen molar-refractivity contribution in [3.8, 4) is 0 Å². The van der Waals surface area contributed by atoms with Crippen LogP contribution in [0, 0.1) is 6.92 Å². The predicted octanol–water partition coefficient (Wildman–Crippen LogP) is 2.23. The summed E-state index contributed by atoms with van der Waals surface area (Å²) in [6, 6.07) is 0.590. The first-order valence-electron chi connectivity index (χ1n) is 6.75. The zero-order chi connectivity index (χ0) is 13.0. The summed E-state index contributed by atoms with van der Waals surface area (Å²) in [5.41, 5.74) is 3.61. The average molecular weight is 249 g/mol. The number of nitrogens with two attached hydrogens (primary N) is 1. The number of hydrazine groups is 1. The molecular formula is C13H23N5. The van der Waals surface area contributed by atoms with Crippen LogP contribution >= 0.6 is 0 Å². The Hall–Kier alpha value is -1.36. The second-order valence-electron chi connectivity index (χ2n) is 5.10. The number of nitrogens with zero attached hydrogens (tertiary/aromatic N) is 3. The molecule has 0 unspecified atom stereocenters. The van der Waals surface area contributed by atoms with Crippen molar-refractivity contribution in [2.24, 2.45) is 5.84 Å². The van der Waals surface area contributed by atoms with Gasteiger partial charge in [0, 0.05) is 24.8 Å². The summed E-state index contributed by atoms with van der Waals surface area (Å²) in [4.78, 5) is 10.9. The van der Waals surface area contributed by atoms with E-state index in [1.807, 2.05) is 13.1 Å². The fraction of sp³-hybridized carbons (Fsp3) is 0.692. The van der Waals surface area contributed by atoms with Crippen LogP contribution in [0.2, 0.25) is 0 Å². The van der Waals surface area contributed by atoms with Gasteiger partial charge in [0.1, 0.15) is 5.82 Å². The summed E-state index contributed by atoms with van der Waals surface area (Å²) in [5.74, 6) is 6.85. The lowest BCUT2D eigenvalue weighted by Crippen LogP contribution is -2.32. The summed E-state index contributed by atoms with van der Waals surface area (Å²) in [6.45, 7) is 2.04. The van der Waals surface area contributed by atoms with Gasteiger partial charge >= 0.3 is 0 Å². The first kappa shape index (κ1) is 13.1. The summed E-state index contributed by atoms with van der Waals surface area (Å²) >= 11 is 0. The predicted molar refractivity (Wildman–Crippen MR) is 74.5 cm³/mol. The Morgan fingerprint density at radius 2 is 1.94 bits per heavy atom. The molecule has 18 heavy (non-hydrogen) atoms. The molecule has 0 amide bonds. The summed E-state index contributed by atoms with van der Waals surface area (Å²) < 4.78 is 0. The van der Waals surface area contributed by atoms with Crippen LogP contribution in [0.3, 0.4) is 0 Å². The second kappa shape index (κ2) is 6.00. The largest absolute Gasteiger partial charge is 0.356 e. The van der Waals surface area contributed by atoms with Crippen LogP contribution in [0.5, 0.6) is 0 Å². The maximum absolute atomic E-state index is 5.38. The van der Waals surface area contributed by atoms with Crippen molar-refractivity contribution in [1.29, 1.82) is 0 Å². The number of nitrogens with one attached hydrogen (secondary N) is 1. The van der Waals surface area contributed by atoms with Crippen molar-refractivity contribution < 1.29 is 0 Å². The minimum atomic E-state index is 0.482. The van der Waals surface area contributed by atoms with Crippen LogP contribution in [0.1, 0.15) is 44.1 Å². The highest BCUT2D eigenvalue weighted by atomic mass is 15.3. The van der Waals surface area contributed by atoms with Crippen LogP contribution in [0.25, 0.3) is 0 Å². The molecule has 5 nitrogen and oxygen atoms in total. The topological polar surface area (TPSA) is 67.1 Å². The van der Waals surface area contributed by atoms with Gasteiger partial charge in [-0.15, -0.1) is 0 Å². The lowest BCUT2D eigenvalue weighted by Gasteiger charge is -2.29. The highest BCUT2D eigenvalue weighted by molar-refractivity contribution is 5.48. The number of aryl methyl sites for hydroxylation is 1. The first-order valence-corrected chi connectivity index (χ1v) is 6.75. The number of hydrogen-bond donors (Lipinski definition) is 2. The van der Waals surface area contributed by atoms with Crippen molar-refractivity contribution in [3.05, 3.63) is 11.8 Å². The number of nitrogen functional groups attached to an aromatic ring is 1. The molecule has 1 aromatic heterocycles. The van der Waals surface area contributed by atoms with Gasteiger partial charge in [-0.25, -0.2) is 10.8 Å². The van der Waals surface area contributed by atoms with E-state index in [1.54, 1.807) is 0 Å². The lowest BCUT2D eigenvalue weighted by atomic mass is 10.1. The molecule has 1 aliphatic carbocycles. The molecule has 0 radical (unpaired) electrons. The van der Waals surface area contributed by atoms with Crippen molar-refractivity contribution in [3.63, 3.8) is 0 Å². The Balaban J connectivity index is 2.18. The van der Waals surface area contributed by atoms with Crippen LogP contribution in [0.15, 0.2) is 6.20 Å². The normalized spacial score (nSPS) is 17.3. The molecule has 0 aliphatic heterocycles. The molecule has 0 bridgehead atoms. The molecule has 2 rings (SSSR count). The van der Waals surface area contributed by atoms with Crippen LogP contribution in [-0.2, 0) is 0 Å². The van der Waals surface area contributed by atoms with E-state index in [-0.39, 0.29) is 0 Å². The summed E-state index contributed by atoms with van der Waals surface area (Å²) in [5, 5.41) is 0. The van der Waals surface area contributed by atoms with E-state index in [9.17, 15) is 0 Å². The molecule has 1 fully saturated rings. The van der Waals surface area contributed by atoms with Gasteiger partial charge in [-0.05, 0) is 19.8 Å². The fourth-order valence-corrected chi connectivity index (χ4v) is 2.68. The minimum Gasteiger partial charge on any atom is -0.356 e. The van der Waals surface area contributed by atoms with Crippen LogP contribution < -0.4 is 16.2 Å². The molecule has 100 valence electrons. The summed E-state index contributed by atoms with van der Waals surface area (Å²) in [6.07, 6.45) is 9.70. The van der Waals surface area contributed by atoms with Gasteiger partial charge in [-0.3, -0.25) is 5.43 Å². The standard InChI is InChI=1S/C13H23N5/c1-10-9-15-13(17-14)16-12(10)18(2)11-7-5-3-4-6-8-11/h9,11H,3-8,14H2,1-2H3,(H,15,16,17). The van der Waals surface area contributed by atoms with Gasteiger partial charge in [-0.2, -0.15) is 4.98 Å². The third-order valence-electron chi connectivity index (χ3n) is 3.78. The Labute approximate surface area is 109 Å². The molecular weight excluding hydrogens is 226 g/mol. The maximum Gasteiger partial charge on any atom is 0.239 e. The Kier molecular flexibility index (Phi) is 4.36. The number of aromatic nitrogens is 2. The van der Waals surface area contributed by atoms with Crippen molar-refractivity contribution in [1.82, 2.24) is 9.97 Å². The lowest BCUT2D eigenvalue weighted by molar-refractivity contribution is 0.548. The smallest absolute Gasteiger partial charge is 0.239 e. The quantitative estimate of drug-likeness (QED) is 0.488. The van der Waals surface area contributed by atoms with E-state index in [1.165, 1.54) is 38.5 Å². The maximum atomic E-state index is 5.38. The molecule has 0 atom stereocenters. The molecule has 1 heterocycles. The van der Waals surface area contributed by atoms with Gasteiger partial charge in [0.2, 0.25) is 5.95 Å². The highest BCUT2D eigenvalue weighted by Crippen LogP contribution is 2.26. The van der Waals surface area contributed by atoms with E-state index in [0.717, 1.165) is 11.4 Å². The van der Waals surface area contributed by atoms with Gasteiger partial charge in [0.15, 0.2) is 0 Å². The molecule has 1 aromatic rings. The van der Waals surface area contributed by atoms with Gasteiger partial charge in [-0.1, -0.05) is 25.7 Å². The minimum absolute atomic E-state index is 0.482. The molecule has 1 aliphatic rings. The van der Waals surface area contributed by atoms with Crippen molar-refractivity contribution in [2.75, 3.05) is 17.4 Å². The van der Waals surface area contributed by atoms with E-state index in [2.05, 4.69) is 27.3 Å². The van der Waals surface area contributed by atoms with Crippen LogP contribution in [-0.4, -0.2) is 23.1 Å². The first-order chi connectivity index (χ1) is 8.72. The van der Waals surface area contributed by atoms with Gasteiger partial charge in [0.25, 0.3) is 0 Å². The molecule has 1 saturated carbocycles. The molecule has 0 saturated heterocycles. The average Bonchev–Trinajstić information content (AvgIpc) is 2.67.